The van der Waals surface area contributed by atoms with Crippen LogP contribution >= 0.6 is 11.3 Å². The maximum Gasteiger partial charge on any atom is 0.0494 e. The average Bonchev–Trinajstić information content (AvgIpc) is 3.50. The molecule has 1 aromatic carbocycles. The van der Waals surface area contributed by atoms with E-state index in [1.54, 1.807) is 22.2 Å². The quantitative estimate of drug-likeness (QED) is 0.294. The summed E-state index contributed by atoms with van der Waals surface area (Å²) in [5.74, 6) is 1.92. The van der Waals surface area contributed by atoms with Gasteiger partial charge in [0.15, 0.2) is 0 Å². The molecule has 29 heavy (non-hydrogen) atoms. The van der Waals surface area contributed by atoms with Crippen molar-refractivity contribution in [2.75, 3.05) is 0 Å². The molecule has 0 spiro atoms. The summed E-state index contributed by atoms with van der Waals surface area (Å²) in [7, 11) is 3.97. The predicted octanol–water partition coefficient (Wildman–Crippen LogP) is 4.62. The third kappa shape index (κ3) is 4.65. The van der Waals surface area contributed by atoms with Crippen molar-refractivity contribution in [1.29, 1.82) is 0 Å². The fourth-order valence-corrected chi connectivity index (χ4v) is 3.70. The van der Waals surface area contributed by atoms with E-state index in [4.69, 9.17) is 0 Å². The molecule has 4 aromatic heterocycles. The van der Waals surface area contributed by atoms with E-state index in [0.717, 1.165) is 17.2 Å². The molecular weight excluding hydrogens is 559 g/mol. The molecule has 0 atom stereocenters. The van der Waals surface area contributed by atoms with Crippen LogP contribution in [0, 0.1) is 12.1 Å². The molecule has 0 N–H and O–H groups in total. The summed E-state index contributed by atoms with van der Waals surface area (Å²) < 4.78 is 5.76. The van der Waals surface area contributed by atoms with Gasteiger partial charge in [0.2, 0.25) is 0 Å². The van der Waals surface area contributed by atoms with Crippen molar-refractivity contribution in [1.82, 2.24) is 23.9 Å². The number of aromatic nitrogens is 5. The van der Waals surface area contributed by atoms with Gasteiger partial charge in [-0.05, 0) is 20.2 Å². The number of hydrogen-bond acceptors (Lipinski definition) is 3. The molecule has 7 heteroatoms. The first-order valence-electron chi connectivity index (χ1n) is 8.79. The molecule has 0 aliphatic heterocycles. The molecule has 1 radical (unpaired) electrons. The van der Waals surface area contributed by atoms with Crippen LogP contribution in [-0.4, -0.2) is 23.9 Å². The molecule has 0 aliphatic rings. The number of imidazole rings is 1. The van der Waals surface area contributed by atoms with Crippen LogP contribution in [0.4, 0.5) is 0 Å². The van der Waals surface area contributed by atoms with Gasteiger partial charge in [0.1, 0.15) is 0 Å². The van der Waals surface area contributed by atoms with E-state index in [1.807, 2.05) is 71.6 Å². The van der Waals surface area contributed by atoms with E-state index in [0.29, 0.717) is 0 Å². The standard InChI is InChI=1S/C14H11N2S.C8H8N3.Ir/c1-16-9-8-15-14(16)12-7-10-17-13(12)11-5-3-2-4-6-11;1-10-6-2-4-8(10)11-7-3-5-9-11;/h2-6,8-10H,1H3;2-3,5-7H,1H3;/q2*-1;. The smallest absolute Gasteiger partial charge is 0.0494 e. The van der Waals surface area contributed by atoms with Crippen LogP contribution in [0.15, 0.2) is 78.8 Å². The van der Waals surface area contributed by atoms with Gasteiger partial charge in [-0.15, -0.1) is 11.8 Å². The van der Waals surface area contributed by atoms with E-state index in [2.05, 4.69) is 46.5 Å². The molecule has 4 heterocycles. The van der Waals surface area contributed by atoms with Crippen LogP contribution in [0.1, 0.15) is 0 Å². The third-order valence-electron chi connectivity index (χ3n) is 4.25. The molecule has 5 rings (SSSR count). The van der Waals surface area contributed by atoms with Gasteiger partial charge in [0.25, 0.3) is 0 Å². The Kier molecular flexibility index (Phi) is 6.99. The van der Waals surface area contributed by atoms with Gasteiger partial charge < -0.3 is 14.1 Å². The second-order valence-corrected chi connectivity index (χ2v) is 7.04. The Balaban J connectivity index is 0.000000174. The van der Waals surface area contributed by atoms with Crippen LogP contribution in [-0.2, 0) is 34.2 Å². The molecule has 149 valence electrons. The van der Waals surface area contributed by atoms with E-state index < -0.39 is 0 Å². The maximum atomic E-state index is 4.38. The minimum Gasteiger partial charge on any atom is -0.430 e. The average molecular weight is 578 g/mol. The van der Waals surface area contributed by atoms with Gasteiger partial charge in [-0.1, -0.05) is 46.2 Å². The normalized spacial score (nSPS) is 10.1. The zero-order chi connectivity index (χ0) is 19.3. The number of benzene rings is 1. The minimum absolute atomic E-state index is 0. The monoisotopic (exact) mass is 578 g/mol. The summed E-state index contributed by atoms with van der Waals surface area (Å²) >= 11 is 1.70. The van der Waals surface area contributed by atoms with Crippen molar-refractivity contribution in [2.45, 2.75) is 0 Å². The Morgan fingerprint density at radius 3 is 2.34 bits per heavy atom. The van der Waals surface area contributed by atoms with Crippen molar-refractivity contribution in [3.05, 3.63) is 91.0 Å². The Labute approximate surface area is 187 Å². The van der Waals surface area contributed by atoms with Crippen molar-refractivity contribution in [3.63, 3.8) is 0 Å². The number of rotatable bonds is 3. The number of aryl methyl sites for hydroxylation is 2. The Hall–Kier alpha value is -2.73. The molecule has 0 amide bonds. The Bertz CT molecular complexity index is 1140. The zero-order valence-corrected chi connectivity index (χ0v) is 19.2. The van der Waals surface area contributed by atoms with E-state index >= 15 is 0 Å². The van der Waals surface area contributed by atoms with Gasteiger partial charge in [0.05, 0.1) is 0 Å². The molecule has 5 nitrogen and oxygen atoms in total. The second-order valence-electron chi connectivity index (χ2n) is 6.16. The van der Waals surface area contributed by atoms with Crippen LogP contribution in [0.2, 0.25) is 0 Å². The molecule has 0 unspecified atom stereocenters. The van der Waals surface area contributed by atoms with E-state index in [1.165, 1.54) is 10.4 Å². The van der Waals surface area contributed by atoms with Crippen molar-refractivity contribution < 1.29 is 20.1 Å². The first kappa shape index (κ1) is 21.0. The van der Waals surface area contributed by atoms with Gasteiger partial charge in [0, 0.05) is 56.5 Å². The van der Waals surface area contributed by atoms with Crippen molar-refractivity contribution in [3.8, 4) is 27.6 Å². The molecule has 0 saturated heterocycles. The van der Waals surface area contributed by atoms with Crippen molar-refractivity contribution >= 4 is 11.3 Å². The molecule has 0 bridgehead atoms. The largest absolute Gasteiger partial charge is 0.430 e. The first-order chi connectivity index (χ1) is 13.7. The van der Waals surface area contributed by atoms with Gasteiger partial charge in [-0.25, -0.2) is 28.2 Å². The summed E-state index contributed by atoms with van der Waals surface area (Å²) in [5, 5.41) is 6.08. The molecule has 0 fully saturated rings. The number of hydrogen-bond donors (Lipinski definition) is 0. The molecule has 0 aliphatic carbocycles. The number of thiophene rings is 1. The van der Waals surface area contributed by atoms with Crippen LogP contribution in [0.3, 0.4) is 0 Å². The second kappa shape index (κ2) is 9.65. The number of nitrogens with zero attached hydrogens (tertiary/aromatic N) is 5. The van der Waals surface area contributed by atoms with Crippen LogP contribution in [0.5, 0.6) is 0 Å². The Morgan fingerprint density at radius 2 is 1.72 bits per heavy atom. The fourth-order valence-electron chi connectivity index (χ4n) is 2.86. The van der Waals surface area contributed by atoms with Gasteiger partial charge in [-0.2, -0.15) is 11.2 Å². The molecular formula is C22H19IrN5S-2. The maximum absolute atomic E-state index is 4.38. The Morgan fingerprint density at radius 1 is 0.897 bits per heavy atom. The fraction of sp³-hybridized carbons (Fsp3) is 0.0909. The summed E-state index contributed by atoms with van der Waals surface area (Å²) in [6.45, 7) is 0. The van der Waals surface area contributed by atoms with E-state index in [-0.39, 0.29) is 20.1 Å². The minimum atomic E-state index is 0. The zero-order valence-electron chi connectivity index (χ0n) is 16.0. The molecule has 5 aromatic rings. The van der Waals surface area contributed by atoms with Crippen LogP contribution in [0.25, 0.3) is 27.6 Å². The van der Waals surface area contributed by atoms with Crippen LogP contribution < -0.4 is 0 Å². The topological polar surface area (TPSA) is 40.6 Å². The van der Waals surface area contributed by atoms with Crippen molar-refractivity contribution in [2.24, 2.45) is 14.1 Å². The molecule has 0 saturated carbocycles. The summed E-state index contributed by atoms with van der Waals surface area (Å²) in [6, 6.07) is 20.5. The predicted molar refractivity (Wildman–Crippen MR) is 112 cm³/mol. The summed E-state index contributed by atoms with van der Waals surface area (Å²) in [6.07, 6.45) is 9.36. The SMILES string of the molecule is Cn1cc[c-]c1-n1cccn1.Cn1ccnc1-c1[c-]csc1-c1ccccc1.[Ir]. The third-order valence-corrected chi connectivity index (χ3v) is 5.17. The first-order valence-corrected chi connectivity index (χ1v) is 9.67. The van der Waals surface area contributed by atoms with Gasteiger partial charge in [-0.3, -0.25) is 0 Å². The van der Waals surface area contributed by atoms with E-state index in [9.17, 15) is 0 Å². The summed E-state index contributed by atoms with van der Waals surface area (Å²) in [5.41, 5.74) is 2.30. The van der Waals surface area contributed by atoms with Gasteiger partial charge >= 0.3 is 0 Å². The summed E-state index contributed by atoms with van der Waals surface area (Å²) in [4.78, 5) is 5.60.